The summed E-state index contributed by atoms with van der Waals surface area (Å²) in [6, 6.07) is 14.9. The van der Waals surface area contributed by atoms with Gasteiger partial charge in [0.1, 0.15) is 5.82 Å². The number of rotatable bonds is 5. The van der Waals surface area contributed by atoms with Crippen LogP contribution in [-0.2, 0) is 11.3 Å². The van der Waals surface area contributed by atoms with Gasteiger partial charge in [-0.15, -0.1) is 0 Å². The summed E-state index contributed by atoms with van der Waals surface area (Å²) < 4.78 is 13.1. The van der Waals surface area contributed by atoms with Crippen molar-refractivity contribution in [2.24, 2.45) is 5.92 Å². The summed E-state index contributed by atoms with van der Waals surface area (Å²) in [4.78, 5) is 15.0. The molecule has 3 rings (SSSR count). The van der Waals surface area contributed by atoms with Gasteiger partial charge >= 0.3 is 0 Å². The van der Waals surface area contributed by atoms with Gasteiger partial charge in [-0.05, 0) is 56.5 Å². The van der Waals surface area contributed by atoms with E-state index in [1.54, 1.807) is 0 Å². The molecule has 1 amide bonds. The molecule has 1 fully saturated rings. The van der Waals surface area contributed by atoms with E-state index in [4.69, 9.17) is 0 Å². The molecule has 1 aliphatic rings. The molecule has 0 bridgehead atoms. The van der Waals surface area contributed by atoms with Gasteiger partial charge in [-0.2, -0.15) is 0 Å². The minimum atomic E-state index is -0.213. The number of benzene rings is 2. The van der Waals surface area contributed by atoms with Crippen LogP contribution in [0.25, 0.3) is 0 Å². The van der Waals surface area contributed by atoms with Crippen LogP contribution >= 0.6 is 0 Å². The second-order valence-electron chi connectivity index (χ2n) is 7.34. The largest absolute Gasteiger partial charge is 0.349 e. The normalized spacial score (nSPS) is 19.1. The third-order valence-corrected chi connectivity index (χ3v) is 5.13. The second kappa shape index (κ2) is 8.45. The van der Waals surface area contributed by atoms with Gasteiger partial charge in [-0.1, -0.05) is 42.0 Å². The van der Waals surface area contributed by atoms with Gasteiger partial charge in [0.2, 0.25) is 5.91 Å². The number of nitrogens with zero attached hydrogens (tertiary/aromatic N) is 1. The van der Waals surface area contributed by atoms with Crippen LogP contribution in [0, 0.1) is 18.7 Å². The number of halogens is 1. The first kappa shape index (κ1) is 18.6. The highest BCUT2D eigenvalue weighted by atomic mass is 19.1. The Morgan fingerprint density at radius 2 is 1.88 bits per heavy atom. The Bertz CT molecular complexity index is 727. The molecule has 0 aliphatic carbocycles. The number of carbonyl (C=O) groups excluding carboxylic acids is 1. The number of piperidine rings is 1. The summed E-state index contributed by atoms with van der Waals surface area (Å²) in [5, 5.41) is 3.16. The third-order valence-electron chi connectivity index (χ3n) is 5.13. The van der Waals surface area contributed by atoms with Gasteiger partial charge in [0.05, 0.1) is 12.0 Å². The van der Waals surface area contributed by atoms with Gasteiger partial charge in [0.15, 0.2) is 0 Å². The Hall–Kier alpha value is -2.20. The molecule has 0 aromatic heterocycles. The second-order valence-corrected chi connectivity index (χ2v) is 7.34. The van der Waals surface area contributed by atoms with E-state index in [9.17, 15) is 9.18 Å². The zero-order chi connectivity index (χ0) is 18.5. The van der Waals surface area contributed by atoms with Crippen LogP contribution < -0.4 is 5.32 Å². The zero-order valence-electron chi connectivity index (χ0n) is 15.5. The van der Waals surface area contributed by atoms with Crippen LogP contribution in [0.2, 0.25) is 0 Å². The van der Waals surface area contributed by atoms with Gasteiger partial charge in [0.25, 0.3) is 0 Å². The maximum Gasteiger partial charge on any atom is 0.224 e. The Morgan fingerprint density at radius 1 is 1.19 bits per heavy atom. The molecule has 26 heavy (non-hydrogen) atoms. The topological polar surface area (TPSA) is 32.3 Å². The molecule has 0 radical (unpaired) electrons. The van der Waals surface area contributed by atoms with Crippen molar-refractivity contribution in [2.45, 2.75) is 39.3 Å². The van der Waals surface area contributed by atoms with E-state index in [0.29, 0.717) is 0 Å². The lowest BCUT2D eigenvalue weighted by Crippen LogP contribution is -2.43. The van der Waals surface area contributed by atoms with E-state index in [-0.39, 0.29) is 23.7 Å². The summed E-state index contributed by atoms with van der Waals surface area (Å²) in [6.45, 7) is 6.59. The molecule has 2 atom stereocenters. The van der Waals surface area contributed by atoms with E-state index in [0.717, 1.165) is 43.6 Å². The first-order valence-corrected chi connectivity index (χ1v) is 9.35. The molecule has 138 valence electrons. The van der Waals surface area contributed by atoms with E-state index in [2.05, 4.69) is 41.4 Å². The summed E-state index contributed by atoms with van der Waals surface area (Å²) >= 11 is 0. The van der Waals surface area contributed by atoms with Crippen molar-refractivity contribution in [2.75, 3.05) is 13.1 Å². The van der Waals surface area contributed by atoms with Crippen molar-refractivity contribution < 1.29 is 9.18 Å². The number of amides is 1. The molecule has 4 heteroatoms. The van der Waals surface area contributed by atoms with Crippen molar-refractivity contribution in [3.05, 3.63) is 71.0 Å². The van der Waals surface area contributed by atoms with Gasteiger partial charge < -0.3 is 5.32 Å². The van der Waals surface area contributed by atoms with E-state index in [1.165, 1.54) is 17.7 Å². The first-order valence-electron chi connectivity index (χ1n) is 9.35. The van der Waals surface area contributed by atoms with Gasteiger partial charge in [-0.25, -0.2) is 4.39 Å². The molecule has 1 saturated heterocycles. The van der Waals surface area contributed by atoms with E-state index >= 15 is 0 Å². The van der Waals surface area contributed by atoms with Gasteiger partial charge in [-0.3, -0.25) is 9.69 Å². The molecule has 3 nitrogen and oxygen atoms in total. The number of carbonyl (C=O) groups is 1. The predicted molar refractivity (Wildman–Crippen MR) is 102 cm³/mol. The fourth-order valence-corrected chi connectivity index (χ4v) is 3.53. The standard InChI is InChI=1S/C22H27FN2O/c1-16-5-9-19(10-6-16)17(2)24-22(26)20-4-3-13-25(15-20)14-18-7-11-21(23)12-8-18/h5-12,17,20H,3-4,13-15H2,1-2H3,(H,24,26). The highest BCUT2D eigenvalue weighted by molar-refractivity contribution is 5.79. The van der Waals surface area contributed by atoms with Crippen LogP contribution in [0.5, 0.6) is 0 Å². The lowest BCUT2D eigenvalue weighted by Gasteiger charge is -2.32. The van der Waals surface area contributed by atoms with Crippen LogP contribution in [0.4, 0.5) is 4.39 Å². The number of nitrogens with one attached hydrogen (secondary N) is 1. The Kier molecular flexibility index (Phi) is 6.04. The van der Waals surface area contributed by atoms with Crippen molar-refractivity contribution in [1.29, 1.82) is 0 Å². The minimum Gasteiger partial charge on any atom is -0.349 e. The molecule has 0 spiro atoms. The third kappa shape index (κ3) is 4.92. The maximum absolute atomic E-state index is 13.1. The predicted octanol–water partition coefficient (Wildman–Crippen LogP) is 4.22. The molecule has 1 N–H and O–H groups in total. The molecule has 1 heterocycles. The molecule has 2 aromatic carbocycles. The average Bonchev–Trinajstić information content (AvgIpc) is 2.64. The van der Waals surface area contributed by atoms with Crippen LogP contribution in [0.3, 0.4) is 0 Å². The lowest BCUT2D eigenvalue weighted by atomic mass is 9.96. The molecule has 2 unspecified atom stereocenters. The molecule has 0 saturated carbocycles. The Labute approximate surface area is 155 Å². The Morgan fingerprint density at radius 3 is 2.58 bits per heavy atom. The van der Waals surface area contributed by atoms with Crippen LogP contribution in [0.1, 0.15) is 42.5 Å². The van der Waals surface area contributed by atoms with Crippen molar-refractivity contribution in [1.82, 2.24) is 10.2 Å². The monoisotopic (exact) mass is 354 g/mol. The van der Waals surface area contributed by atoms with Crippen molar-refractivity contribution in [3.8, 4) is 0 Å². The highest BCUT2D eigenvalue weighted by Gasteiger charge is 2.26. The first-order chi connectivity index (χ1) is 12.5. The Balaban J connectivity index is 1.55. The summed E-state index contributed by atoms with van der Waals surface area (Å²) in [7, 11) is 0. The maximum atomic E-state index is 13.1. The van der Waals surface area contributed by atoms with Crippen LogP contribution in [0.15, 0.2) is 48.5 Å². The molecular formula is C22H27FN2O. The van der Waals surface area contributed by atoms with Crippen LogP contribution in [-0.4, -0.2) is 23.9 Å². The summed E-state index contributed by atoms with van der Waals surface area (Å²) in [5.41, 5.74) is 3.43. The fraction of sp³-hybridized carbons (Fsp3) is 0.409. The van der Waals surface area contributed by atoms with E-state index in [1.807, 2.05) is 19.1 Å². The lowest BCUT2D eigenvalue weighted by molar-refractivity contribution is -0.127. The smallest absolute Gasteiger partial charge is 0.224 e. The van der Waals surface area contributed by atoms with E-state index < -0.39 is 0 Å². The fourth-order valence-electron chi connectivity index (χ4n) is 3.53. The SMILES string of the molecule is Cc1ccc(C(C)NC(=O)C2CCCN(Cc3ccc(F)cc3)C2)cc1. The van der Waals surface area contributed by atoms with Crippen molar-refractivity contribution >= 4 is 5.91 Å². The number of aryl methyl sites for hydroxylation is 1. The van der Waals surface area contributed by atoms with Crippen molar-refractivity contribution in [3.63, 3.8) is 0 Å². The quantitative estimate of drug-likeness (QED) is 0.872. The molecular weight excluding hydrogens is 327 g/mol. The average molecular weight is 354 g/mol. The summed E-state index contributed by atoms with van der Waals surface area (Å²) in [6.07, 6.45) is 1.94. The molecule has 2 aromatic rings. The van der Waals surface area contributed by atoms with Gasteiger partial charge in [0, 0.05) is 13.1 Å². The minimum absolute atomic E-state index is 0.00979. The highest BCUT2D eigenvalue weighted by Crippen LogP contribution is 2.21. The number of likely N-dealkylation sites (tertiary alicyclic amines) is 1. The zero-order valence-corrected chi connectivity index (χ0v) is 15.5. The number of hydrogen-bond donors (Lipinski definition) is 1. The molecule has 1 aliphatic heterocycles. The number of hydrogen-bond acceptors (Lipinski definition) is 2. The summed E-state index contributed by atoms with van der Waals surface area (Å²) in [5.74, 6) is -0.0753.